The zero-order chi connectivity index (χ0) is 13.3. The quantitative estimate of drug-likeness (QED) is 0.840. The van der Waals surface area contributed by atoms with Gasteiger partial charge in [0.05, 0.1) is 19.3 Å². The van der Waals surface area contributed by atoms with Crippen molar-refractivity contribution in [2.45, 2.75) is 51.2 Å². The van der Waals surface area contributed by atoms with Crippen molar-refractivity contribution in [3.8, 4) is 0 Å². The highest BCUT2D eigenvalue weighted by molar-refractivity contribution is 5.13. The molecule has 0 radical (unpaired) electrons. The van der Waals surface area contributed by atoms with E-state index < -0.39 is 5.79 Å². The van der Waals surface area contributed by atoms with Crippen LogP contribution in [-0.2, 0) is 25.6 Å². The van der Waals surface area contributed by atoms with Crippen LogP contribution in [0.1, 0.15) is 25.8 Å². The van der Waals surface area contributed by atoms with Crippen LogP contribution < -0.4 is 0 Å². The molecule has 2 fully saturated rings. The summed E-state index contributed by atoms with van der Waals surface area (Å²) in [5, 5.41) is 0. The van der Waals surface area contributed by atoms with E-state index in [0.29, 0.717) is 13.2 Å². The third-order valence-corrected chi connectivity index (χ3v) is 3.43. The van der Waals surface area contributed by atoms with Crippen molar-refractivity contribution < 1.29 is 18.9 Å². The van der Waals surface area contributed by atoms with Crippen molar-refractivity contribution in [1.82, 2.24) is 0 Å². The molecular weight excluding hydrogens is 244 g/mol. The van der Waals surface area contributed by atoms with E-state index in [9.17, 15) is 0 Å². The van der Waals surface area contributed by atoms with Crippen molar-refractivity contribution in [3.05, 3.63) is 35.9 Å². The number of benzene rings is 1. The van der Waals surface area contributed by atoms with Crippen LogP contribution in [0.2, 0.25) is 0 Å². The summed E-state index contributed by atoms with van der Waals surface area (Å²) >= 11 is 0. The van der Waals surface area contributed by atoms with Gasteiger partial charge in [-0.15, -0.1) is 0 Å². The summed E-state index contributed by atoms with van der Waals surface area (Å²) < 4.78 is 23.1. The van der Waals surface area contributed by atoms with Gasteiger partial charge in [0.1, 0.15) is 6.10 Å². The topological polar surface area (TPSA) is 36.9 Å². The number of ether oxygens (including phenoxy) is 4. The molecule has 0 aromatic heterocycles. The van der Waals surface area contributed by atoms with Gasteiger partial charge in [0.15, 0.2) is 12.1 Å². The third-order valence-electron chi connectivity index (χ3n) is 3.43. The minimum Gasteiger partial charge on any atom is -0.350 e. The summed E-state index contributed by atoms with van der Waals surface area (Å²) in [6, 6.07) is 10.1. The van der Waals surface area contributed by atoms with E-state index >= 15 is 0 Å². The van der Waals surface area contributed by atoms with E-state index in [1.807, 2.05) is 44.2 Å². The minimum atomic E-state index is -0.507. The summed E-state index contributed by atoms with van der Waals surface area (Å²) in [6.45, 7) is 4.97. The van der Waals surface area contributed by atoms with Gasteiger partial charge >= 0.3 is 0 Å². The molecule has 19 heavy (non-hydrogen) atoms. The summed E-state index contributed by atoms with van der Waals surface area (Å²) in [6.07, 6.45) is 0.621. The fraction of sp³-hybridized carbons (Fsp3) is 0.600. The highest BCUT2D eigenvalue weighted by Gasteiger charge is 2.45. The van der Waals surface area contributed by atoms with E-state index in [-0.39, 0.29) is 18.5 Å². The summed E-state index contributed by atoms with van der Waals surface area (Å²) in [7, 11) is 0. The number of rotatable bonds is 3. The maximum absolute atomic E-state index is 5.85. The van der Waals surface area contributed by atoms with E-state index in [2.05, 4.69) is 0 Å². The van der Waals surface area contributed by atoms with E-state index in [1.54, 1.807) is 0 Å². The lowest BCUT2D eigenvalue weighted by molar-refractivity contribution is -0.201. The van der Waals surface area contributed by atoms with Crippen LogP contribution in [-0.4, -0.2) is 30.9 Å². The predicted molar refractivity (Wildman–Crippen MR) is 69.4 cm³/mol. The molecule has 0 bridgehead atoms. The Balaban J connectivity index is 1.52. The van der Waals surface area contributed by atoms with Crippen LogP contribution >= 0.6 is 0 Å². The molecule has 0 amide bonds. The maximum atomic E-state index is 5.85. The van der Waals surface area contributed by atoms with Crippen LogP contribution in [0.5, 0.6) is 0 Å². The van der Waals surface area contributed by atoms with Crippen molar-refractivity contribution >= 4 is 0 Å². The molecule has 2 aliphatic heterocycles. The Kier molecular flexibility index (Phi) is 3.58. The molecule has 3 atom stereocenters. The summed E-state index contributed by atoms with van der Waals surface area (Å²) in [5.74, 6) is -0.507. The lowest BCUT2D eigenvalue weighted by Gasteiger charge is -2.29. The Bertz CT molecular complexity index is 417. The van der Waals surface area contributed by atoms with Gasteiger partial charge in [-0.3, -0.25) is 0 Å². The zero-order valence-corrected chi connectivity index (χ0v) is 11.4. The number of hydrogen-bond acceptors (Lipinski definition) is 4. The van der Waals surface area contributed by atoms with Crippen molar-refractivity contribution in [2.24, 2.45) is 0 Å². The van der Waals surface area contributed by atoms with Crippen molar-refractivity contribution in [3.63, 3.8) is 0 Å². The molecule has 2 heterocycles. The van der Waals surface area contributed by atoms with Crippen molar-refractivity contribution in [2.75, 3.05) is 6.61 Å². The van der Waals surface area contributed by atoms with Gasteiger partial charge in [-0.05, 0) is 19.4 Å². The second kappa shape index (κ2) is 5.21. The van der Waals surface area contributed by atoms with Crippen molar-refractivity contribution in [1.29, 1.82) is 0 Å². The van der Waals surface area contributed by atoms with Crippen LogP contribution in [0.15, 0.2) is 30.3 Å². The molecule has 2 saturated heterocycles. The molecule has 2 aliphatic rings. The van der Waals surface area contributed by atoms with Crippen LogP contribution in [0.3, 0.4) is 0 Å². The maximum Gasteiger partial charge on any atom is 0.163 e. The third kappa shape index (κ3) is 3.15. The first-order chi connectivity index (χ1) is 9.12. The molecule has 3 rings (SSSR count). The minimum absolute atomic E-state index is 0.0339. The average molecular weight is 264 g/mol. The molecule has 0 N–H and O–H groups in total. The molecule has 1 unspecified atom stereocenters. The first kappa shape index (κ1) is 13.1. The first-order valence-corrected chi connectivity index (χ1v) is 6.75. The lowest BCUT2D eigenvalue weighted by Crippen LogP contribution is -2.40. The fourth-order valence-electron chi connectivity index (χ4n) is 2.59. The second-order valence-electron chi connectivity index (χ2n) is 5.51. The standard InChI is InChI=1S/C15H20O4/c1-15(2)18-12-8-14(17-10-13(12)19-15)16-9-11-6-4-3-5-7-11/h3-7,12-14H,8-10H2,1-2H3/t12-,13+,14?/m0/s1. The number of fused-ring (bicyclic) bond motifs is 1. The molecule has 4 nitrogen and oxygen atoms in total. The molecule has 0 aliphatic carbocycles. The Morgan fingerprint density at radius 2 is 1.89 bits per heavy atom. The second-order valence-corrected chi connectivity index (χ2v) is 5.51. The summed E-state index contributed by atoms with van der Waals surface area (Å²) in [4.78, 5) is 0. The smallest absolute Gasteiger partial charge is 0.163 e. The average Bonchev–Trinajstić information content (AvgIpc) is 2.70. The van der Waals surface area contributed by atoms with E-state index in [4.69, 9.17) is 18.9 Å². The monoisotopic (exact) mass is 264 g/mol. The highest BCUT2D eigenvalue weighted by Crippen LogP contribution is 2.34. The molecule has 0 saturated carbocycles. The number of hydrogen-bond donors (Lipinski definition) is 0. The molecule has 1 aromatic rings. The first-order valence-electron chi connectivity index (χ1n) is 6.75. The normalized spacial score (nSPS) is 33.1. The SMILES string of the molecule is CC1(C)O[C@H]2CC(OCc3ccccc3)OC[C@H]2O1. The van der Waals surface area contributed by atoms with E-state index in [1.165, 1.54) is 0 Å². The van der Waals surface area contributed by atoms with Gasteiger partial charge in [0, 0.05) is 6.42 Å². The van der Waals surface area contributed by atoms with Gasteiger partial charge in [0.2, 0.25) is 0 Å². The van der Waals surface area contributed by atoms with Gasteiger partial charge < -0.3 is 18.9 Å². The molecule has 1 aromatic carbocycles. The Morgan fingerprint density at radius 1 is 1.16 bits per heavy atom. The Hall–Kier alpha value is -0.940. The zero-order valence-electron chi connectivity index (χ0n) is 11.4. The molecular formula is C15H20O4. The Morgan fingerprint density at radius 3 is 2.68 bits per heavy atom. The molecule has 104 valence electrons. The van der Waals surface area contributed by atoms with Crippen LogP contribution in [0, 0.1) is 0 Å². The fourth-order valence-corrected chi connectivity index (χ4v) is 2.59. The predicted octanol–water partition coefficient (Wildman–Crippen LogP) is 2.47. The largest absolute Gasteiger partial charge is 0.350 e. The molecule has 4 heteroatoms. The van der Waals surface area contributed by atoms with Gasteiger partial charge in [-0.25, -0.2) is 0 Å². The van der Waals surface area contributed by atoms with Gasteiger partial charge in [-0.2, -0.15) is 0 Å². The van der Waals surface area contributed by atoms with Gasteiger partial charge in [0.25, 0.3) is 0 Å². The van der Waals surface area contributed by atoms with Crippen LogP contribution in [0.4, 0.5) is 0 Å². The lowest BCUT2D eigenvalue weighted by atomic mass is 10.1. The highest BCUT2D eigenvalue weighted by atomic mass is 16.8. The van der Waals surface area contributed by atoms with Gasteiger partial charge in [-0.1, -0.05) is 30.3 Å². The Labute approximate surface area is 113 Å². The summed E-state index contributed by atoms with van der Waals surface area (Å²) in [5.41, 5.74) is 1.15. The van der Waals surface area contributed by atoms with E-state index in [0.717, 1.165) is 12.0 Å². The van der Waals surface area contributed by atoms with Crippen LogP contribution in [0.25, 0.3) is 0 Å². The molecule has 0 spiro atoms.